The Morgan fingerprint density at radius 2 is 2.14 bits per heavy atom. The van der Waals surface area contributed by atoms with Gasteiger partial charge in [-0.05, 0) is 25.0 Å². The van der Waals surface area contributed by atoms with E-state index in [0.717, 1.165) is 18.9 Å². The molecule has 9 heteroatoms. The van der Waals surface area contributed by atoms with E-state index in [2.05, 4.69) is 15.2 Å². The van der Waals surface area contributed by atoms with Crippen LogP contribution in [-0.2, 0) is 11.7 Å². The van der Waals surface area contributed by atoms with Crippen LogP contribution in [0.4, 0.5) is 13.2 Å². The zero-order chi connectivity index (χ0) is 15.4. The van der Waals surface area contributed by atoms with Crippen LogP contribution in [0.5, 0.6) is 0 Å². The minimum absolute atomic E-state index is 0.167. The molecule has 0 atom stereocenters. The molecule has 3 heterocycles. The number of hydrogen-bond donors (Lipinski definition) is 0. The lowest BCUT2D eigenvalue weighted by molar-refractivity contribution is -0.134. The van der Waals surface area contributed by atoms with Gasteiger partial charge in [-0.3, -0.25) is 4.68 Å². The minimum atomic E-state index is -4.36. The average molecular weight is 326 g/mol. The first-order valence-electron chi connectivity index (χ1n) is 6.49. The van der Waals surface area contributed by atoms with Crippen LogP contribution in [-0.4, -0.2) is 19.9 Å². The molecule has 0 unspecified atom stereocenters. The van der Waals surface area contributed by atoms with Crippen LogP contribution < -0.4 is 0 Å². The van der Waals surface area contributed by atoms with Crippen LogP contribution in [0.3, 0.4) is 0 Å². The van der Waals surface area contributed by atoms with E-state index in [1.165, 1.54) is 5.38 Å². The van der Waals surface area contributed by atoms with E-state index in [1.54, 1.807) is 16.9 Å². The molecule has 0 saturated heterocycles. The van der Waals surface area contributed by atoms with Crippen molar-refractivity contribution in [2.75, 3.05) is 0 Å². The van der Waals surface area contributed by atoms with E-state index in [0.29, 0.717) is 22.8 Å². The maximum atomic E-state index is 12.6. The first-order chi connectivity index (χ1) is 10.5. The summed E-state index contributed by atoms with van der Waals surface area (Å²) in [4.78, 5) is 3.59. The lowest BCUT2D eigenvalue weighted by atomic mass is 10.2. The third-order valence-electron chi connectivity index (χ3n) is 3.63. The molecule has 3 aromatic rings. The second-order valence-corrected chi connectivity index (χ2v) is 6.01. The summed E-state index contributed by atoms with van der Waals surface area (Å²) in [7, 11) is 0. The van der Waals surface area contributed by atoms with Gasteiger partial charge in [0.2, 0.25) is 5.82 Å². The summed E-state index contributed by atoms with van der Waals surface area (Å²) >= 11 is 0.617. The van der Waals surface area contributed by atoms with E-state index in [1.807, 2.05) is 6.20 Å². The second-order valence-electron chi connectivity index (χ2n) is 5.10. The highest BCUT2D eigenvalue weighted by molar-refractivity contribution is 7.10. The van der Waals surface area contributed by atoms with Gasteiger partial charge in [0, 0.05) is 23.3 Å². The number of hydrogen-bond acceptors (Lipinski definition) is 5. The van der Waals surface area contributed by atoms with Crippen molar-refractivity contribution in [3.05, 3.63) is 40.7 Å². The third-order valence-corrected chi connectivity index (χ3v) is 4.60. The Morgan fingerprint density at radius 3 is 2.73 bits per heavy atom. The van der Waals surface area contributed by atoms with E-state index in [9.17, 15) is 13.2 Å². The lowest BCUT2D eigenvalue weighted by Gasteiger charge is -2.09. The topological polar surface area (TPSA) is 56.7 Å². The quantitative estimate of drug-likeness (QED) is 0.738. The fourth-order valence-electron chi connectivity index (χ4n) is 2.31. The Bertz CT molecular complexity index is 801. The Kier molecular flexibility index (Phi) is 2.71. The highest BCUT2D eigenvalue weighted by atomic mass is 32.1. The molecular formula is C13H9F3N4OS. The predicted octanol–water partition coefficient (Wildman–Crippen LogP) is 3.55. The summed E-state index contributed by atoms with van der Waals surface area (Å²) < 4.78 is 44.9. The molecule has 0 N–H and O–H groups in total. The fourth-order valence-corrected chi connectivity index (χ4v) is 3.07. The third kappa shape index (κ3) is 2.04. The molecule has 3 aromatic heterocycles. The number of halogens is 3. The first-order valence-corrected chi connectivity index (χ1v) is 7.37. The normalized spacial score (nSPS) is 16.9. The minimum Gasteiger partial charge on any atom is -0.336 e. The smallest absolute Gasteiger partial charge is 0.336 e. The second kappa shape index (κ2) is 4.42. The Morgan fingerprint density at radius 1 is 1.32 bits per heavy atom. The van der Waals surface area contributed by atoms with E-state index < -0.39 is 16.6 Å². The number of alkyl halides is 3. The van der Waals surface area contributed by atoms with E-state index in [4.69, 9.17) is 4.52 Å². The molecule has 0 aliphatic heterocycles. The standard InChI is InChI=1S/C13H9F3N4OS/c14-13(15,16)9-6-8(7-22-9)10-18-11(21-19-10)12(2-3-12)20-5-1-4-17-20/h1,4-7H,2-3H2. The van der Waals surface area contributed by atoms with Crippen LogP contribution in [0.1, 0.15) is 23.6 Å². The van der Waals surface area contributed by atoms with E-state index >= 15 is 0 Å². The molecule has 0 radical (unpaired) electrons. The molecule has 0 aromatic carbocycles. The summed E-state index contributed by atoms with van der Waals surface area (Å²) in [5, 5.41) is 9.38. The molecule has 0 spiro atoms. The lowest BCUT2D eigenvalue weighted by Crippen LogP contribution is -2.19. The molecule has 1 aliphatic rings. The molecule has 22 heavy (non-hydrogen) atoms. The monoisotopic (exact) mass is 326 g/mol. The van der Waals surface area contributed by atoms with Crippen LogP contribution in [0.25, 0.3) is 11.4 Å². The van der Waals surface area contributed by atoms with Crippen LogP contribution >= 0.6 is 11.3 Å². The average Bonchev–Trinajstić information content (AvgIpc) is 3.01. The zero-order valence-corrected chi connectivity index (χ0v) is 11.9. The van der Waals surface area contributed by atoms with Gasteiger partial charge in [-0.15, -0.1) is 11.3 Å². The zero-order valence-electron chi connectivity index (χ0n) is 11.0. The van der Waals surface area contributed by atoms with Crippen molar-refractivity contribution in [3.63, 3.8) is 0 Å². The van der Waals surface area contributed by atoms with Crippen molar-refractivity contribution < 1.29 is 17.7 Å². The van der Waals surface area contributed by atoms with Crippen molar-refractivity contribution in [1.82, 2.24) is 19.9 Å². The highest BCUT2D eigenvalue weighted by Gasteiger charge is 2.52. The largest absolute Gasteiger partial charge is 0.425 e. The van der Waals surface area contributed by atoms with Gasteiger partial charge in [-0.1, -0.05) is 5.16 Å². The van der Waals surface area contributed by atoms with Crippen molar-refractivity contribution >= 4 is 11.3 Å². The predicted molar refractivity (Wildman–Crippen MR) is 71.2 cm³/mol. The maximum Gasteiger partial charge on any atom is 0.425 e. The molecular weight excluding hydrogens is 317 g/mol. The Labute approximate surface area is 126 Å². The molecule has 5 nitrogen and oxygen atoms in total. The number of nitrogens with zero attached hydrogens (tertiary/aromatic N) is 4. The van der Waals surface area contributed by atoms with Crippen LogP contribution in [0, 0.1) is 0 Å². The first kappa shape index (κ1) is 13.5. The Balaban J connectivity index is 1.67. The molecule has 1 saturated carbocycles. The summed E-state index contributed by atoms with van der Waals surface area (Å²) in [5.41, 5.74) is -0.138. The van der Waals surface area contributed by atoms with Crippen LogP contribution in [0.15, 0.2) is 34.4 Å². The van der Waals surface area contributed by atoms with Gasteiger partial charge in [0.15, 0.2) is 0 Å². The maximum absolute atomic E-state index is 12.6. The SMILES string of the molecule is FC(F)(F)c1cc(-c2noc(C3(n4cccn4)CC3)n2)cs1. The fraction of sp³-hybridized carbons (Fsp3) is 0.308. The summed E-state index contributed by atoms with van der Waals surface area (Å²) in [6.45, 7) is 0. The number of thiophene rings is 1. The van der Waals surface area contributed by atoms with Gasteiger partial charge in [0.25, 0.3) is 5.89 Å². The summed E-state index contributed by atoms with van der Waals surface area (Å²) in [5.74, 6) is 0.547. The van der Waals surface area contributed by atoms with Crippen LogP contribution in [0.2, 0.25) is 0 Å². The number of rotatable bonds is 3. The summed E-state index contributed by atoms with van der Waals surface area (Å²) in [6, 6.07) is 2.83. The molecule has 4 rings (SSSR count). The molecule has 0 bridgehead atoms. The van der Waals surface area contributed by atoms with Crippen molar-refractivity contribution in [2.24, 2.45) is 0 Å². The van der Waals surface area contributed by atoms with Gasteiger partial charge < -0.3 is 4.52 Å². The Hall–Kier alpha value is -2.16. The van der Waals surface area contributed by atoms with Crippen molar-refractivity contribution in [2.45, 2.75) is 24.6 Å². The van der Waals surface area contributed by atoms with Gasteiger partial charge in [-0.25, -0.2) is 0 Å². The van der Waals surface area contributed by atoms with Crippen molar-refractivity contribution in [3.8, 4) is 11.4 Å². The van der Waals surface area contributed by atoms with E-state index in [-0.39, 0.29) is 5.82 Å². The summed E-state index contributed by atoms with van der Waals surface area (Å²) in [6.07, 6.45) is 0.735. The van der Waals surface area contributed by atoms with Gasteiger partial charge in [-0.2, -0.15) is 23.3 Å². The molecule has 1 fully saturated rings. The molecule has 114 valence electrons. The molecule has 1 aliphatic carbocycles. The molecule has 0 amide bonds. The van der Waals surface area contributed by atoms with Gasteiger partial charge in [0.05, 0.1) is 0 Å². The van der Waals surface area contributed by atoms with Crippen molar-refractivity contribution in [1.29, 1.82) is 0 Å². The highest BCUT2D eigenvalue weighted by Crippen LogP contribution is 2.48. The van der Waals surface area contributed by atoms with Gasteiger partial charge in [0.1, 0.15) is 10.4 Å². The number of aromatic nitrogens is 4. The van der Waals surface area contributed by atoms with Gasteiger partial charge >= 0.3 is 6.18 Å².